The summed E-state index contributed by atoms with van der Waals surface area (Å²) in [5.41, 5.74) is -8.95. The average molecular weight is 894 g/mol. The molecule has 0 aromatic carbocycles. The first-order valence-corrected chi connectivity index (χ1v) is 22.7. The van der Waals surface area contributed by atoms with Gasteiger partial charge in [-0.3, -0.25) is 9.59 Å². The number of aliphatic hydroxyl groups excluding tert-OH is 2. The molecule has 4 aliphatic rings. The molecule has 2 aromatic rings. The zero-order valence-electron chi connectivity index (χ0n) is 35.3. The molecule has 19 heteroatoms. The van der Waals surface area contributed by atoms with Gasteiger partial charge in [0.05, 0.1) is 42.3 Å². The Morgan fingerprint density at radius 2 is 1.79 bits per heavy atom. The summed E-state index contributed by atoms with van der Waals surface area (Å²) in [5, 5.41) is 52.0. The Bertz CT molecular complexity index is 1990. The minimum Gasteiger partial charge on any atom is -0.472 e. The number of rotatable bonds is 13. The van der Waals surface area contributed by atoms with Gasteiger partial charge in [0.25, 0.3) is 0 Å². The second-order valence-corrected chi connectivity index (χ2v) is 20.5. The van der Waals surface area contributed by atoms with Crippen molar-refractivity contribution in [1.29, 1.82) is 0 Å². The maximum atomic E-state index is 15.5. The van der Waals surface area contributed by atoms with Crippen molar-refractivity contribution >= 4 is 51.4 Å². The van der Waals surface area contributed by atoms with Crippen LogP contribution in [0.4, 0.5) is 4.79 Å². The van der Waals surface area contributed by atoms with Crippen LogP contribution in [0.3, 0.4) is 0 Å². The molecular weight excluding hydrogens is 839 g/mol. The molecule has 2 bridgehead atoms. The lowest BCUT2D eigenvalue weighted by Crippen LogP contribution is -2.81. The summed E-state index contributed by atoms with van der Waals surface area (Å²) < 4.78 is 39.9. The third-order valence-electron chi connectivity index (χ3n) is 12.7. The summed E-state index contributed by atoms with van der Waals surface area (Å²) in [4.78, 5) is 70.2. The molecule has 1 aliphatic heterocycles. The molecule has 61 heavy (non-hydrogen) atoms. The number of alkyl carbamates (subject to hydrolysis) is 1. The summed E-state index contributed by atoms with van der Waals surface area (Å²) in [5.74, 6) is -4.95. The Labute approximate surface area is 361 Å². The monoisotopic (exact) mass is 893 g/mol. The molecule has 3 aliphatic carbocycles. The molecule has 11 atom stereocenters. The van der Waals surface area contributed by atoms with Crippen molar-refractivity contribution in [1.82, 2.24) is 5.32 Å². The van der Waals surface area contributed by atoms with Gasteiger partial charge in [-0.25, -0.2) is 14.4 Å². The van der Waals surface area contributed by atoms with Gasteiger partial charge >= 0.3 is 24.0 Å². The number of esters is 3. The number of nitrogens with one attached hydrogen (secondary N) is 1. The predicted octanol–water partition coefficient (Wildman–Crippen LogP) is 4.22. The van der Waals surface area contributed by atoms with E-state index in [-0.39, 0.29) is 41.9 Å². The van der Waals surface area contributed by atoms with Crippen LogP contribution in [0.15, 0.2) is 57.0 Å². The van der Waals surface area contributed by atoms with E-state index in [1.165, 1.54) is 66.2 Å². The van der Waals surface area contributed by atoms with Gasteiger partial charge in [0.2, 0.25) is 0 Å². The van der Waals surface area contributed by atoms with Crippen molar-refractivity contribution < 1.29 is 76.9 Å². The fraction of sp³-hybridized carbons (Fsp3) is 0.643. The maximum absolute atomic E-state index is 15.5. The van der Waals surface area contributed by atoms with Gasteiger partial charge in [-0.2, -0.15) is 0 Å². The number of aliphatic hydroxyl groups is 4. The van der Waals surface area contributed by atoms with Gasteiger partial charge in [-0.15, -0.1) is 0 Å². The lowest BCUT2D eigenvalue weighted by molar-refractivity contribution is -0.343. The third-order valence-corrected chi connectivity index (χ3v) is 14.6. The normalized spacial score (nSPS) is 32.8. The highest BCUT2D eigenvalue weighted by molar-refractivity contribution is 8.76. The van der Waals surface area contributed by atoms with E-state index in [9.17, 15) is 39.6 Å². The average Bonchev–Trinajstić information content (AvgIpc) is 3.92. The second-order valence-electron chi connectivity index (χ2n) is 17.8. The lowest BCUT2D eigenvalue weighted by atomic mass is 9.44. The number of hydrogen-bond donors (Lipinski definition) is 5. The van der Waals surface area contributed by atoms with Crippen LogP contribution in [0.25, 0.3) is 0 Å². The topological polar surface area (TPSA) is 251 Å². The predicted molar refractivity (Wildman–Crippen MR) is 218 cm³/mol. The standard InChI is InChI=1S/C42H55NO16S2/c1-21-24(56-36(49)30(46)29(23-11-9-14-54-23)43-37(50)59-38(2,3)4)18-42(52)34(58-35(48)22-13-15-53-19-22)32-40(7,25(44)17-26-41(32,51)20-55-26)33(47)31(28(21)39(42,5)6)57-27(45)12-10-16-61-60-8/h9,11,13-15,19,24-26,29-32,34,44,46,51-52H,10,12,16-18,20H2,1-8H3,(H,43,50)/t24-,25-,26+,29-,30+,31+,32-,34-,40+,41-,42+/m0/s1. The van der Waals surface area contributed by atoms with Gasteiger partial charge in [-0.05, 0) is 76.6 Å². The summed E-state index contributed by atoms with van der Waals surface area (Å²) in [6.07, 6.45) is -5.87. The summed E-state index contributed by atoms with van der Waals surface area (Å²) >= 11 is 0. The van der Waals surface area contributed by atoms with E-state index in [0.717, 1.165) is 6.26 Å². The summed E-state index contributed by atoms with van der Waals surface area (Å²) in [7, 11) is 3.05. The molecule has 3 fully saturated rings. The molecule has 1 amide bonds. The highest BCUT2D eigenvalue weighted by Crippen LogP contribution is 2.63. The van der Waals surface area contributed by atoms with Gasteiger partial charge in [-0.1, -0.05) is 35.4 Å². The van der Waals surface area contributed by atoms with Crippen molar-refractivity contribution in [3.8, 4) is 0 Å². The minimum absolute atomic E-state index is 0.00458. The molecule has 17 nitrogen and oxygen atoms in total. The number of ketones is 1. The number of fused-ring (bicyclic) bond motifs is 5. The van der Waals surface area contributed by atoms with E-state index in [4.69, 9.17) is 32.5 Å². The summed E-state index contributed by atoms with van der Waals surface area (Å²) in [6.45, 7) is 10.5. The number of furan rings is 2. The smallest absolute Gasteiger partial charge is 0.408 e. The van der Waals surface area contributed by atoms with Crippen LogP contribution in [0.2, 0.25) is 0 Å². The van der Waals surface area contributed by atoms with Gasteiger partial charge in [0, 0.05) is 36.3 Å². The van der Waals surface area contributed by atoms with Gasteiger partial charge in [0.15, 0.2) is 18.0 Å². The van der Waals surface area contributed by atoms with Crippen LogP contribution in [0, 0.1) is 16.7 Å². The zero-order chi connectivity index (χ0) is 44.9. The number of ether oxygens (including phenoxy) is 5. The number of carbonyl (C=O) groups excluding carboxylic acids is 5. The highest BCUT2D eigenvalue weighted by atomic mass is 33.1. The maximum Gasteiger partial charge on any atom is 0.408 e. The number of hydrogen-bond acceptors (Lipinski definition) is 18. The lowest BCUT2D eigenvalue weighted by Gasteiger charge is -2.66. The Morgan fingerprint density at radius 1 is 1.07 bits per heavy atom. The fourth-order valence-corrected chi connectivity index (χ4v) is 10.6. The van der Waals surface area contributed by atoms with E-state index in [1.807, 2.05) is 6.26 Å². The number of Topliss-reactive ketones (excluding diaryl/α,β-unsaturated/α-hetero) is 1. The largest absolute Gasteiger partial charge is 0.472 e. The molecule has 0 radical (unpaired) electrons. The first-order valence-electron chi connectivity index (χ1n) is 20.0. The first-order chi connectivity index (χ1) is 28.5. The van der Waals surface area contributed by atoms with E-state index < -0.39 is 112 Å². The quantitative estimate of drug-likeness (QED) is 0.0621. The molecule has 3 heterocycles. The van der Waals surface area contributed by atoms with Crippen molar-refractivity contribution in [3.63, 3.8) is 0 Å². The van der Waals surface area contributed by atoms with Gasteiger partial charge < -0.3 is 58.3 Å². The Hall–Kier alpha value is -3.85. The third kappa shape index (κ3) is 8.50. The van der Waals surface area contributed by atoms with E-state index >= 15 is 4.79 Å². The summed E-state index contributed by atoms with van der Waals surface area (Å²) in [6, 6.07) is 2.68. The van der Waals surface area contributed by atoms with Crippen LogP contribution in [0.1, 0.15) is 96.3 Å². The Balaban J connectivity index is 1.49. The Kier molecular flexibility index (Phi) is 13.3. The minimum atomic E-state index is -2.40. The molecule has 0 spiro atoms. The van der Waals surface area contributed by atoms with E-state index in [2.05, 4.69) is 5.32 Å². The SMILES string of the molecule is CSSCCCC(=O)O[C@H]1C(=O)[C@@]2(C)[C@H]([C@H](OC(=O)c3ccoc3)[C@]3(O)C[C@H](OC(=O)[C@H](O)[C@@H](NC(=O)OC(C)(C)C)c4ccco4)C(C)=C1C3(C)C)[C@]1(O)CO[C@@H]1C[C@@H]2O. The molecule has 2 aromatic heterocycles. The molecule has 2 saturated carbocycles. The van der Waals surface area contributed by atoms with Crippen LogP contribution < -0.4 is 5.32 Å². The van der Waals surface area contributed by atoms with Crippen molar-refractivity contribution in [2.75, 3.05) is 18.6 Å². The molecule has 5 N–H and O–H groups in total. The zero-order valence-corrected chi connectivity index (χ0v) is 37.0. The van der Waals surface area contributed by atoms with Crippen molar-refractivity contribution in [2.24, 2.45) is 16.7 Å². The van der Waals surface area contributed by atoms with Crippen molar-refractivity contribution in [2.45, 2.75) is 134 Å². The highest BCUT2D eigenvalue weighted by Gasteiger charge is 2.77. The number of carbonyl (C=O) groups is 5. The molecule has 336 valence electrons. The van der Waals surface area contributed by atoms with Gasteiger partial charge in [0.1, 0.15) is 47.1 Å². The second kappa shape index (κ2) is 17.4. The number of amides is 1. The fourth-order valence-electron chi connectivity index (χ4n) is 9.36. The van der Waals surface area contributed by atoms with Crippen molar-refractivity contribution in [3.05, 3.63) is 59.5 Å². The van der Waals surface area contributed by atoms with Crippen LogP contribution in [-0.2, 0) is 38.1 Å². The van der Waals surface area contributed by atoms with E-state index in [1.54, 1.807) is 34.6 Å². The molecular formula is C42H55NO16S2. The molecule has 0 unspecified atom stereocenters. The molecule has 1 saturated heterocycles. The van der Waals surface area contributed by atoms with Crippen LogP contribution >= 0.6 is 21.6 Å². The first kappa shape index (κ1) is 46.6. The van der Waals surface area contributed by atoms with E-state index in [0.29, 0.717) is 12.2 Å². The van der Waals surface area contributed by atoms with Crippen LogP contribution in [0.5, 0.6) is 0 Å². The molecule has 6 rings (SSSR count). The Morgan fingerprint density at radius 3 is 2.38 bits per heavy atom. The van der Waals surface area contributed by atoms with Crippen LogP contribution in [-0.4, -0.2) is 122 Å².